The molecule has 0 saturated carbocycles. The summed E-state index contributed by atoms with van der Waals surface area (Å²) in [4.78, 5) is 4.05. The van der Waals surface area contributed by atoms with E-state index in [-0.39, 0.29) is 12.4 Å². The predicted octanol–water partition coefficient (Wildman–Crippen LogP) is 1.49. The summed E-state index contributed by atoms with van der Waals surface area (Å²) < 4.78 is 0. The second kappa shape index (κ2) is 6.23. The van der Waals surface area contributed by atoms with Crippen molar-refractivity contribution >= 4 is 29.3 Å². The quantitative estimate of drug-likeness (QED) is 0.476. The van der Waals surface area contributed by atoms with Crippen LogP contribution in [-0.4, -0.2) is 17.5 Å². The maximum absolute atomic E-state index is 5.39. The van der Waals surface area contributed by atoms with Gasteiger partial charge in [-0.2, -0.15) is 0 Å². The van der Waals surface area contributed by atoms with E-state index in [2.05, 4.69) is 4.99 Å². The lowest BCUT2D eigenvalue weighted by Crippen LogP contribution is -2.08. The summed E-state index contributed by atoms with van der Waals surface area (Å²) in [6, 6.07) is 0.322. The Morgan fingerprint density at radius 2 is 2.00 bits per heavy atom. The van der Waals surface area contributed by atoms with Crippen molar-refractivity contribution in [1.82, 2.24) is 0 Å². The molecule has 0 aliphatic carbocycles. The van der Waals surface area contributed by atoms with E-state index < -0.39 is 0 Å². The van der Waals surface area contributed by atoms with Crippen molar-refractivity contribution in [3.8, 4) is 0 Å². The molecule has 2 N–H and O–H groups in total. The van der Waals surface area contributed by atoms with E-state index in [1.54, 1.807) is 0 Å². The molecular weight excluding hydrogens is 156 g/mol. The van der Waals surface area contributed by atoms with Gasteiger partial charge in [-0.15, -0.1) is 12.4 Å². The van der Waals surface area contributed by atoms with Gasteiger partial charge in [0.15, 0.2) is 5.17 Å². The van der Waals surface area contributed by atoms with Gasteiger partial charge in [0.05, 0.1) is 0 Å². The van der Waals surface area contributed by atoms with Gasteiger partial charge in [0.2, 0.25) is 0 Å². The van der Waals surface area contributed by atoms with E-state index in [9.17, 15) is 0 Å². The number of thioether (sulfide) groups is 1. The minimum atomic E-state index is 0. The van der Waals surface area contributed by atoms with Crippen molar-refractivity contribution in [2.45, 2.75) is 19.9 Å². The average Bonchev–Trinajstić information content (AvgIpc) is 1.65. The zero-order valence-electron chi connectivity index (χ0n) is 5.92. The second-order valence-electron chi connectivity index (χ2n) is 1.77. The van der Waals surface area contributed by atoms with Crippen molar-refractivity contribution in [3.63, 3.8) is 0 Å². The largest absolute Gasteiger partial charge is 0.379 e. The molecule has 0 spiro atoms. The average molecular weight is 169 g/mol. The molecule has 0 aromatic heterocycles. The van der Waals surface area contributed by atoms with E-state index in [0.717, 1.165) is 0 Å². The van der Waals surface area contributed by atoms with Crippen LogP contribution >= 0.6 is 24.2 Å². The van der Waals surface area contributed by atoms with Crippen LogP contribution in [0.2, 0.25) is 0 Å². The fourth-order valence-electron chi connectivity index (χ4n) is 0.307. The molecule has 2 nitrogen and oxygen atoms in total. The highest BCUT2D eigenvalue weighted by Gasteiger charge is 1.88. The van der Waals surface area contributed by atoms with Crippen molar-refractivity contribution in [3.05, 3.63) is 0 Å². The summed E-state index contributed by atoms with van der Waals surface area (Å²) in [7, 11) is 0. The molecular formula is C5H13ClN2S. The van der Waals surface area contributed by atoms with E-state index >= 15 is 0 Å². The van der Waals surface area contributed by atoms with Crippen LogP contribution in [0.3, 0.4) is 0 Å². The first kappa shape index (κ1) is 11.9. The molecule has 0 heterocycles. The monoisotopic (exact) mass is 168 g/mol. The molecule has 0 aliphatic heterocycles. The molecule has 0 rings (SSSR count). The van der Waals surface area contributed by atoms with Crippen LogP contribution in [0, 0.1) is 0 Å². The van der Waals surface area contributed by atoms with Crippen molar-refractivity contribution in [1.29, 1.82) is 0 Å². The van der Waals surface area contributed by atoms with Crippen LogP contribution in [-0.2, 0) is 0 Å². The van der Waals surface area contributed by atoms with Gasteiger partial charge in [-0.1, -0.05) is 11.8 Å². The van der Waals surface area contributed by atoms with Gasteiger partial charge in [0.1, 0.15) is 0 Å². The molecule has 0 radical (unpaired) electrons. The van der Waals surface area contributed by atoms with Crippen molar-refractivity contribution in [2.24, 2.45) is 10.7 Å². The van der Waals surface area contributed by atoms with Gasteiger partial charge in [0.25, 0.3) is 0 Å². The van der Waals surface area contributed by atoms with Crippen LogP contribution < -0.4 is 5.73 Å². The number of halogens is 1. The topological polar surface area (TPSA) is 38.4 Å². The van der Waals surface area contributed by atoms with Gasteiger partial charge >= 0.3 is 0 Å². The fourth-order valence-corrected chi connectivity index (χ4v) is 0.623. The number of nitrogens with zero attached hydrogens (tertiary/aromatic N) is 1. The number of nitrogens with two attached hydrogens (primary N) is 1. The van der Waals surface area contributed by atoms with Crippen LogP contribution in [0.4, 0.5) is 0 Å². The van der Waals surface area contributed by atoms with Gasteiger partial charge in [-0.25, -0.2) is 0 Å². The Morgan fingerprint density at radius 1 is 1.56 bits per heavy atom. The fraction of sp³-hybridized carbons (Fsp3) is 0.800. The third-order valence-electron chi connectivity index (χ3n) is 0.595. The normalized spacial score (nSPS) is 11.3. The van der Waals surface area contributed by atoms with E-state index in [1.165, 1.54) is 11.8 Å². The first-order valence-corrected chi connectivity index (χ1v) is 3.76. The molecule has 4 heteroatoms. The first-order valence-electron chi connectivity index (χ1n) is 2.54. The van der Waals surface area contributed by atoms with E-state index in [4.69, 9.17) is 5.73 Å². The maximum Gasteiger partial charge on any atom is 0.153 e. The van der Waals surface area contributed by atoms with Gasteiger partial charge in [-0.05, 0) is 20.1 Å². The summed E-state index contributed by atoms with van der Waals surface area (Å²) >= 11 is 1.48. The summed E-state index contributed by atoms with van der Waals surface area (Å²) in [6.07, 6.45) is 1.92. The number of amidine groups is 1. The molecule has 9 heavy (non-hydrogen) atoms. The zero-order valence-corrected chi connectivity index (χ0v) is 7.55. The van der Waals surface area contributed by atoms with Gasteiger partial charge < -0.3 is 5.73 Å². The lowest BCUT2D eigenvalue weighted by atomic mass is 10.4. The minimum absolute atomic E-state index is 0. The van der Waals surface area contributed by atoms with Crippen molar-refractivity contribution < 1.29 is 0 Å². The Morgan fingerprint density at radius 3 is 2.11 bits per heavy atom. The SMILES string of the molecule is CSC(N)=NC(C)C.Cl. The standard InChI is InChI=1S/C5H12N2S.ClH/c1-4(2)7-5(6)8-3;/h4H,1-3H3,(H2,6,7);1H. The molecule has 0 atom stereocenters. The molecule has 0 fully saturated rings. The molecule has 0 unspecified atom stereocenters. The highest BCUT2D eigenvalue weighted by atomic mass is 35.5. The molecule has 0 saturated heterocycles. The Balaban J connectivity index is 0. The smallest absolute Gasteiger partial charge is 0.153 e. The lowest BCUT2D eigenvalue weighted by molar-refractivity contribution is 0.838. The molecule has 56 valence electrons. The molecule has 0 aromatic carbocycles. The highest BCUT2D eigenvalue weighted by Crippen LogP contribution is 1.94. The number of hydrogen-bond acceptors (Lipinski definition) is 2. The summed E-state index contributed by atoms with van der Waals surface area (Å²) in [5.41, 5.74) is 5.39. The molecule has 0 aliphatic rings. The number of rotatable bonds is 1. The number of hydrogen-bond donors (Lipinski definition) is 1. The highest BCUT2D eigenvalue weighted by molar-refractivity contribution is 8.13. The van der Waals surface area contributed by atoms with Gasteiger partial charge in [0, 0.05) is 6.04 Å². The third-order valence-corrected chi connectivity index (χ3v) is 1.12. The predicted molar refractivity (Wildman–Crippen MR) is 47.5 cm³/mol. The molecule has 0 aromatic rings. The summed E-state index contributed by atoms with van der Waals surface area (Å²) in [6.45, 7) is 4.01. The van der Waals surface area contributed by atoms with Gasteiger partial charge in [-0.3, -0.25) is 4.99 Å². The van der Waals surface area contributed by atoms with Crippen LogP contribution in [0.25, 0.3) is 0 Å². The number of aliphatic imine (C=N–C) groups is 1. The Bertz CT molecular complexity index is 93.0. The van der Waals surface area contributed by atoms with Crippen LogP contribution in [0.1, 0.15) is 13.8 Å². The Kier molecular flexibility index (Phi) is 8.21. The Labute approximate surface area is 66.7 Å². The maximum atomic E-state index is 5.39. The van der Waals surface area contributed by atoms with E-state index in [1.807, 2.05) is 20.1 Å². The van der Waals surface area contributed by atoms with E-state index in [0.29, 0.717) is 11.2 Å². The minimum Gasteiger partial charge on any atom is -0.379 e. The Hall–Kier alpha value is 0.110. The van der Waals surface area contributed by atoms with Crippen LogP contribution in [0.5, 0.6) is 0 Å². The lowest BCUT2D eigenvalue weighted by Gasteiger charge is -1.96. The third kappa shape index (κ3) is 8.11. The summed E-state index contributed by atoms with van der Waals surface area (Å²) in [5, 5.41) is 0.667. The molecule has 0 amide bonds. The zero-order chi connectivity index (χ0) is 6.57. The second-order valence-corrected chi connectivity index (χ2v) is 2.59. The first-order chi connectivity index (χ1) is 3.66. The molecule has 0 bridgehead atoms. The summed E-state index contributed by atoms with van der Waals surface area (Å²) in [5.74, 6) is 0. The van der Waals surface area contributed by atoms with Crippen LogP contribution in [0.15, 0.2) is 4.99 Å². The van der Waals surface area contributed by atoms with Crippen molar-refractivity contribution in [2.75, 3.05) is 6.26 Å².